The molecule has 4 rings (SSSR count). The summed E-state index contributed by atoms with van der Waals surface area (Å²) in [4.78, 5) is 19.7. The van der Waals surface area contributed by atoms with Crippen molar-refractivity contribution in [1.29, 1.82) is 0 Å². The second-order valence-corrected chi connectivity index (χ2v) is 6.37. The van der Waals surface area contributed by atoms with Crippen LogP contribution < -0.4 is 5.32 Å². The lowest BCUT2D eigenvalue weighted by Crippen LogP contribution is -2.07. The van der Waals surface area contributed by atoms with Crippen molar-refractivity contribution in [3.05, 3.63) is 71.6 Å². The van der Waals surface area contributed by atoms with E-state index in [1.807, 2.05) is 6.07 Å². The average Bonchev–Trinajstić information content (AvgIpc) is 3.48. The maximum atomic E-state index is 13.9. The van der Waals surface area contributed by atoms with Crippen LogP contribution in [0.2, 0.25) is 0 Å². The Labute approximate surface area is 153 Å². The molecule has 1 heterocycles. The largest absolute Gasteiger partial charge is 0.478 e. The first kappa shape index (κ1) is 17.1. The molecule has 0 atom stereocenters. The summed E-state index contributed by atoms with van der Waals surface area (Å²) in [5.41, 5.74) is 1.58. The van der Waals surface area contributed by atoms with Gasteiger partial charge in [0.15, 0.2) is 5.82 Å². The van der Waals surface area contributed by atoms with Crippen LogP contribution in [0, 0.1) is 11.6 Å². The van der Waals surface area contributed by atoms with Crippen molar-refractivity contribution in [3.8, 4) is 11.4 Å². The van der Waals surface area contributed by atoms with Gasteiger partial charge in [-0.1, -0.05) is 18.2 Å². The lowest BCUT2D eigenvalue weighted by atomic mass is 10.0. The van der Waals surface area contributed by atoms with E-state index in [0.29, 0.717) is 11.4 Å². The number of anilines is 2. The highest BCUT2D eigenvalue weighted by atomic mass is 19.1. The molecule has 1 aliphatic carbocycles. The molecule has 0 bridgehead atoms. The quantitative estimate of drug-likeness (QED) is 0.681. The molecule has 0 aliphatic heterocycles. The van der Waals surface area contributed by atoms with Crippen LogP contribution in [0.5, 0.6) is 0 Å². The van der Waals surface area contributed by atoms with Gasteiger partial charge >= 0.3 is 5.97 Å². The fraction of sp³-hybridized carbons (Fsp3) is 0.150. The van der Waals surface area contributed by atoms with E-state index in [4.69, 9.17) is 0 Å². The fourth-order valence-corrected chi connectivity index (χ4v) is 3.04. The van der Waals surface area contributed by atoms with Gasteiger partial charge in [0.05, 0.1) is 34.9 Å². The Morgan fingerprint density at radius 3 is 2.26 bits per heavy atom. The monoisotopic (exact) mass is 367 g/mol. The third kappa shape index (κ3) is 3.36. The topological polar surface area (TPSA) is 75.1 Å². The van der Waals surface area contributed by atoms with Crippen LogP contribution in [0.3, 0.4) is 0 Å². The minimum atomic E-state index is -1.01. The second kappa shape index (κ2) is 6.75. The third-order valence-electron chi connectivity index (χ3n) is 4.44. The molecule has 1 aliphatic rings. The van der Waals surface area contributed by atoms with E-state index in [1.54, 1.807) is 12.1 Å². The van der Waals surface area contributed by atoms with Gasteiger partial charge in [0.2, 0.25) is 0 Å². The summed E-state index contributed by atoms with van der Waals surface area (Å²) in [6, 6.07) is 8.83. The van der Waals surface area contributed by atoms with Crippen molar-refractivity contribution in [2.45, 2.75) is 18.8 Å². The standard InChI is InChI=1S/C20H15F2N3O2/c21-14-4-2-5-15(22)18(14)19-23-9-12(10-24-19)25-16-6-1-3-13(11-7-8-11)17(16)20(26)27/h1-6,9-11,25H,7-8H2,(H,26,27). The zero-order chi connectivity index (χ0) is 19.0. The Bertz CT molecular complexity index is 998. The number of rotatable bonds is 5. The number of carboxylic acids is 1. The molecule has 3 aromatic rings. The van der Waals surface area contributed by atoms with Gasteiger partial charge in [-0.3, -0.25) is 0 Å². The Morgan fingerprint density at radius 2 is 1.67 bits per heavy atom. The van der Waals surface area contributed by atoms with Crippen LogP contribution in [0.1, 0.15) is 34.7 Å². The van der Waals surface area contributed by atoms with Crippen LogP contribution in [-0.4, -0.2) is 21.0 Å². The maximum Gasteiger partial charge on any atom is 0.338 e. The molecule has 1 saturated carbocycles. The average molecular weight is 367 g/mol. The Hall–Kier alpha value is -3.35. The van der Waals surface area contributed by atoms with Crippen LogP contribution in [0.4, 0.5) is 20.2 Å². The van der Waals surface area contributed by atoms with Gasteiger partial charge in [0.1, 0.15) is 11.6 Å². The zero-order valence-corrected chi connectivity index (χ0v) is 14.1. The highest BCUT2D eigenvalue weighted by molar-refractivity contribution is 5.97. The van der Waals surface area contributed by atoms with Crippen molar-refractivity contribution in [3.63, 3.8) is 0 Å². The Morgan fingerprint density at radius 1 is 1.04 bits per heavy atom. The summed E-state index contributed by atoms with van der Waals surface area (Å²) >= 11 is 0. The zero-order valence-electron chi connectivity index (χ0n) is 14.1. The molecule has 2 N–H and O–H groups in total. The summed E-state index contributed by atoms with van der Waals surface area (Å²) in [6.07, 6.45) is 4.69. The molecule has 2 aromatic carbocycles. The molecule has 1 aromatic heterocycles. The van der Waals surface area contributed by atoms with Crippen LogP contribution >= 0.6 is 0 Å². The molecule has 27 heavy (non-hydrogen) atoms. The molecule has 0 spiro atoms. The number of carbonyl (C=O) groups is 1. The lowest BCUT2D eigenvalue weighted by Gasteiger charge is -2.13. The van der Waals surface area contributed by atoms with Gasteiger partial charge in [-0.2, -0.15) is 0 Å². The van der Waals surface area contributed by atoms with E-state index in [-0.39, 0.29) is 22.9 Å². The smallest absolute Gasteiger partial charge is 0.338 e. The van der Waals surface area contributed by atoms with E-state index in [2.05, 4.69) is 15.3 Å². The van der Waals surface area contributed by atoms with Crippen molar-refractivity contribution in [2.75, 3.05) is 5.32 Å². The predicted octanol–water partition coefficient (Wildman–Crippen LogP) is 4.74. The number of benzene rings is 2. The van der Waals surface area contributed by atoms with Crippen LogP contribution in [-0.2, 0) is 0 Å². The molecule has 5 nitrogen and oxygen atoms in total. The second-order valence-electron chi connectivity index (χ2n) is 6.37. The Kier molecular flexibility index (Phi) is 4.27. The minimum absolute atomic E-state index is 0.0821. The van der Waals surface area contributed by atoms with E-state index in [9.17, 15) is 18.7 Å². The Balaban J connectivity index is 1.65. The number of aromatic nitrogens is 2. The lowest BCUT2D eigenvalue weighted by molar-refractivity contribution is 0.0696. The van der Waals surface area contributed by atoms with Crippen molar-refractivity contribution < 1.29 is 18.7 Å². The van der Waals surface area contributed by atoms with Gasteiger partial charge < -0.3 is 10.4 Å². The van der Waals surface area contributed by atoms with Crippen molar-refractivity contribution in [1.82, 2.24) is 9.97 Å². The molecular weight excluding hydrogens is 352 g/mol. The maximum absolute atomic E-state index is 13.9. The minimum Gasteiger partial charge on any atom is -0.478 e. The number of hydrogen-bond acceptors (Lipinski definition) is 4. The first-order valence-electron chi connectivity index (χ1n) is 8.44. The summed E-state index contributed by atoms with van der Waals surface area (Å²) in [7, 11) is 0. The molecule has 136 valence electrons. The normalized spacial score (nSPS) is 13.4. The first-order chi connectivity index (χ1) is 13.0. The molecule has 0 unspecified atom stereocenters. The van der Waals surface area contributed by atoms with Gasteiger partial charge in [0.25, 0.3) is 0 Å². The summed E-state index contributed by atoms with van der Waals surface area (Å²) in [5.74, 6) is -2.31. The highest BCUT2D eigenvalue weighted by Crippen LogP contribution is 2.43. The van der Waals surface area contributed by atoms with Gasteiger partial charge in [-0.25, -0.2) is 23.5 Å². The van der Waals surface area contributed by atoms with E-state index in [1.165, 1.54) is 18.5 Å². The van der Waals surface area contributed by atoms with Crippen LogP contribution in [0.15, 0.2) is 48.8 Å². The summed E-state index contributed by atoms with van der Waals surface area (Å²) < 4.78 is 27.7. The number of halogens is 2. The van der Waals surface area contributed by atoms with Gasteiger partial charge in [-0.15, -0.1) is 0 Å². The molecule has 0 saturated heterocycles. The van der Waals surface area contributed by atoms with Gasteiger partial charge in [-0.05, 0) is 42.5 Å². The molecular formula is C20H15F2N3O2. The molecule has 1 fully saturated rings. The van der Waals surface area contributed by atoms with Crippen molar-refractivity contribution >= 4 is 17.3 Å². The number of aromatic carboxylic acids is 1. The number of nitrogens with one attached hydrogen (secondary N) is 1. The first-order valence-corrected chi connectivity index (χ1v) is 8.44. The number of carboxylic acid groups (broad SMARTS) is 1. The van der Waals surface area contributed by atoms with E-state index < -0.39 is 17.6 Å². The number of hydrogen-bond donors (Lipinski definition) is 2. The number of nitrogens with zero attached hydrogens (tertiary/aromatic N) is 2. The van der Waals surface area contributed by atoms with Crippen LogP contribution in [0.25, 0.3) is 11.4 Å². The highest BCUT2D eigenvalue weighted by Gasteiger charge is 2.29. The summed E-state index contributed by atoms with van der Waals surface area (Å²) in [6.45, 7) is 0. The third-order valence-corrected chi connectivity index (χ3v) is 4.44. The molecule has 0 radical (unpaired) electrons. The summed E-state index contributed by atoms with van der Waals surface area (Å²) in [5, 5.41) is 12.6. The molecule has 0 amide bonds. The van der Waals surface area contributed by atoms with Crippen molar-refractivity contribution in [2.24, 2.45) is 0 Å². The molecule has 7 heteroatoms. The van der Waals surface area contributed by atoms with E-state index in [0.717, 1.165) is 30.5 Å². The van der Waals surface area contributed by atoms with Gasteiger partial charge in [0, 0.05) is 0 Å². The predicted molar refractivity (Wildman–Crippen MR) is 96.0 cm³/mol. The SMILES string of the molecule is O=C(O)c1c(Nc2cnc(-c3c(F)cccc3F)nc2)cccc1C1CC1. The fourth-order valence-electron chi connectivity index (χ4n) is 3.04. The van der Waals surface area contributed by atoms with E-state index >= 15 is 0 Å².